The molecule has 0 radical (unpaired) electrons. The number of aromatic nitrogens is 3. The van der Waals surface area contributed by atoms with E-state index in [9.17, 15) is 0 Å². The lowest BCUT2D eigenvalue weighted by Gasteiger charge is -2.12. The van der Waals surface area contributed by atoms with Gasteiger partial charge in [0, 0.05) is 36.5 Å². The molecule has 3 nitrogen and oxygen atoms in total. The summed E-state index contributed by atoms with van der Waals surface area (Å²) in [6.45, 7) is 0. The largest absolute Gasteiger partial charge is 0.255 e. The van der Waals surface area contributed by atoms with Gasteiger partial charge in [-0.15, -0.1) is 16.7 Å². The quantitative estimate of drug-likeness (QED) is 0.799. The molecule has 0 amide bonds. The first kappa shape index (κ1) is 12.4. The third-order valence-corrected chi connectivity index (χ3v) is 3.26. The van der Waals surface area contributed by atoms with Crippen LogP contribution in [-0.2, 0) is 13.5 Å². The van der Waals surface area contributed by atoms with Gasteiger partial charge in [0.05, 0.1) is 5.69 Å². The molecule has 0 aliphatic heterocycles. The van der Waals surface area contributed by atoms with Crippen molar-refractivity contribution in [2.24, 2.45) is 7.05 Å². The molecule has 0 saturated carbocycles. The van der Waals surface area contributed by atoms with Gasteiger partial charge in [0.2, 0.25) is 0 Å². The summed E-state index contributed by atoms with van der Waals surface area (Å²) in [5.74, 6) is 0.795. The van der Waals surface area contributed by atoms with Gasteiger partial charge in [-0.25, -0.2) is 0 Å². The molecule has 0 aliphatic carbocycles. The molecule has 1 aromatic heterocycles. The lowest BCUT2D eigenvalue weighted by Crippen LogP contribution is -2.05. The molecule has 90 valence electrons. The van der Waals surface area contributed by atoms with Gasteiger partial charge in [0.15, 0.2) is 0 Å². The molecule has 5 heteroatoms. The zero-order valence-corrected chi connectivity index (χ0v) is 11.0. The Balaban J connectivity index is 2.13. The maximum absolute atomic E-state index is 6.01. The van der Waals surface area contributed by atoms with Crippen molar-refractivity contribution in [1.29, 1.82) is 0 Å². The van der Waals surface area contributed by atoms with Crippen LogP contribution in [-0.4, -0.2) is 20.9 Å². The number of alkyl halides is 1. The lowest BCUT2D eigenvalue weighted by atomic mass is 9.96. The Morgan fingerprint density at radius 3 is 2.53 bits per heavy atom. The maximum Gasteiger partial charge on any atom is 0.0833 e. The smallest absolute Gasteiger partial charge is 0.0833 e. The van der Waals surface area contributed by atoms with Crippen molar-refractivity contribution >= 4 is 23.2 Å². The Labute approximate surface area is 110 Å². The van der Waals surface area contributed by atoms with Gasteiger partial charge in [0.25, 0.3) is 0 Å². The molecule has 2 rings (SSSR count). The number of rotatable bonds is 4. The molecule has 1 heterocycles. The van der Waals surface area contributed by atoms with Crippen molar-refractivity contribution in [3.8, 4) is 0 Å². The first-order valence-electron chi connectivity index (χ1n) is 5.35. The third kappa shape index (κ3) is 3.20. The first-order valence-corrected chi connectivity index (χ1v) is 6.27. The summed E-state index contributed by atoms with van der Waals surface area (Å²) in [6.07, 6.45) is 2.70. The zero-order valence-electron chi connectivity index (χ0n) is 9.48. The number of hydrogen-bond acceptors (Lipinski definition) is 2. The highest BCUT2D eigenvalue weighted by atomic mass is 35.5. The highest BCUT2D eigenvalue weighted by Gasteiger charge is 2.13. The second-order valence-corrected chi connectivity index (χ2v) is 4.74. The fourth-order valence-electron chi connectivity index (χ4n) is 1.74. The van der Waals surface area contributed by atoms with Crippen molar-refractivity contribution in [3.63, 3.8) is 0 Å². The van der Waals surface area contributed by atoms with Gasteiger partial charge in [-0.2, -0.15) is 0 Å². The van der Waals surface area contributed by atoms with Crippen LogP contribution in [0.3, 0.4) is 0 Å². The van der Waals surface area contributed by atoms with E-state index in [0.29, 0.717) is 5.88 Å². The summed E-state index contributed by atoms with van der Waals surface area (Å²) in [5.41, 5.74) is 2.13. The summed E-state index contributed by atoms with van der Waals surface area (Å²) in [4.78, 5) is 0. The van der Waals surface area contributed by atoms with E-state index in [-0.39, 0.29) is 5.92 Å². The van der Waals surface area contributed by atoms with Gasteiger partial charge in [0.1, 0.15) is 0 Å². The van der Waals surface area contributed by atoms with E-state index >= 15 is 0 Å². The van der Waals surface area contributed by atoms with E-state index in [2.05, 4.69) is 10.3 Å². The molecule has 0 spiro atoms. The van der Waals surface area contributed by atoms with Crippen LogP contribution < -0.4 is 0 Å². The molecule has 0 aliphatic rings. The zero-order chi connectivity index (χ0) is 12.3. The van der Waals surface area contributed by atoms with Crippen molar-refractivity contribution < 1.29 is 0 Å². The molecule has 0 fully saturated rings. The summed E-state index contributed by atoms with van der Waals surface area (Å²) in [6, 6.07) is 7.78. The predicted octanol–water partition coefficient (Wildman–Crippen LogP) is 3.03. The highest BCUT2D eigenvalue weighted by molar-refractivity contribution is 6.30. The van der Waals surface area contributed by atoms with Crippen LogP contribution in [0.1, 0.15) is 17.2 Å². The molecular weight excluding hydrogens is 257 g/mol. The van der Waals surface area contributed by atoms with Crippen molar-refractivity contribution in [2.45, 2.75) is 12.3 Å². The molecule has 1 aromatic carbocycles. The molecule has 0 bridgehead atoms. The van der Waals surface area contributed by atoms with E-state index in [4.69, 9.17) is 23.2 Å². The number of benzene rings is 1. The Hall–Kier alpha value is -1.06. The van der Waals surface area contributed by atoms with E-state index in [1.54, 1.807) is 4.68 Å². The van der Waals surface area contributed by atoms with Crippen LogP contribution >= 0.6 is 23.2 Å². The average Bonchev–Trinajstić information content (AvgIpc) is 2.73. The summed E-state index contributed by atoms with van der Waals surface area (Å²) < 4.78 is 1.70. The third-order valence-electron chi connectivity index (χ3n) is 2.63. The van der Waals surface area contributed by atoms with Crippen LogP contribution in [0.15, 0.2) is 30.5 Å². The SMILES string of the molecule is Cn1cc(CC(CCl)c2ccc(Cl)cc2)nn1. The Morgan fingerprint density at radius 2 is 2.00 bits per heavy atom. The minimum Gasteiger partial charge on any atom is -0.255 e. The van der Waals surface area contributed by atoms with Gasteiger partial charge in [-0.05, 0) is 17.7 Å². The van der Waals surface area contributed by atoms with E-state index in [0.717, 1.165) is 17.1 Å². The second kappa shape index (κ2) is 5.52. The maximum atomic E-state index is 6.01. The van der Waals surface area contributed by atoms with Gasteiger partial charge < -0.3 is 0 Å². The Bertz CT molecular complexity index is 479. The molecular formula is C12H13Cl2N3. The normalized spacial score (nSPS) is 12.6. The standard InChI is InChI=1S/C12H13Cl2N3/c1-17-8-12(15-16-17)6-10(7-13)9-2-4-11(14)5-3-9/h2-5,8,10H,6-7H2,1H3. The van der Waals surface area contributed by atoms with Crippen molar-refractivity contribution in [2.75, 3.05) is 5.88 Å². The fourth-order valence-corrected chi connectivity index (χ4v) is 2.15. The van der Waals surface area contributed by atoms with Gasteiger partial charge in [-0.1, -0.05) is 28.9 Å². The van der Waals surface area contributed by atoms with Crippen molar-refractivity contribution in [3.05, 3.63) is 46.7 Å². The second-order valence-electron chi connectivity index (χ2n) is 3.99. The molecule has 1 unspecified atom stereocenters. The highest BCUT2D eigenvalue weighted by Crippen LogP contribution is 2.23. The number of halogens is 2. The summed E-state index contributed by atoms with van der Waals surface area (Å²) in [5, 5.41) is 8.73. The van der Waals surface area contributed by atoms with Crippen molar-refractivity contribution in [1.82, 2.24) is 15.0 Å². The van der Waals surface area contributed by atoms with Crippen LogP contribution in [0, 0.1) is 0 Å². The Kier molecular flexibility index (Phi) is 4.02. The van der Waals surface area contributed by atoms with Gasteiger partial charge in [-0.3, -0.25) is 4.68 Å². The van der Waals surface area contributed by atoms with E-state index in [1.807, 2.05) is 37.5 Å². The molecule has 0 saturated heterocycles. The van der Waals surface area contributed by atoms with E-state index < -0.39 is 0 Å². The first-order chi connectivity index (χ1) is 8.19. The van der Waals surface area contributed by atoms with Crippen LogP contribution in [0.5, 0.6) is 0 Å². The Morgan fingerprint density at radius 1 is 1.29 bits per heavy atom. The topological polar surface area (TPSA) is 30.7 Å². The lowest BCUT2D eigenvalue weighted by molar-refractivity contribution is 0.707. The predicted molar refractivity (Wildman–Crippen MR) is 69.6 cm³/mol. The summed E-state index contributed by atoms with van der Waals surface area (Å²) >= 11 is 11.9. The molecule has 17 heavy (non-hydrogen) atoms. The van der Waals surface area contributed by atoms with E-state index in [1.165, 1.54) is 5.56 Å². The molecule has 1 atom stereocenters. The number of aryl methyl sites for hydroxylation is 1. The monoisotopic (exact) mass is 269 g/mol. The van der Waals surface area contributed by atoms with Gasteiger partial charge >= 0.3 is 0 Å². The minimum atomic E-state index is 0.241. The minimum absolute atomic E-state index is 0.241. The summed E-state index contributed by atoms with van der Waals surface area (Å²) in [7, 11) is 1.86. The van der Waals surface area contributed by atoms with Crippen LogP contribution in [0.4, 0.5) is 0 Å². The molecule has 0 N–H and O–H groups in total. The average molecular weight is 270 g/mol. The van der Waals surface area contributed by atoms with Crippen LogP contribution in [0.2, 0.25) is 5.02 Å². The fraction of sp³-hybridized carbons (Fsp3) is 0.333. The number of hydrogen-bond donors (Lipinski definition) is 0. The van der Waals surface area contributed by atoms with Crippen LogP contribution in [0.25, 0.3) is 0 Å². The number of nitrogens with zero attached hydrogens (tertiary/aromatic N) is 3. The molecule has 2 aromatic rings.